The predicted octanol–water partition coefficient (Wildman–Crippen LogP) is -0.101. The Kier molecular flexibility index (Phi) is 2.87. The van der Waals surface area contributed by atoms with Crippen molar-refractivity contribution in [1.82, 2.24) is 0 Å². The van der Waals surface area contributed by atoms with Gasteiger partial charge in [0.1, 0.15) is 0 Å². The van der Waals surface area contributed by atoms with E-state index in [-0.39, 0.29) is 18.4 Å². The third-order valence-electron chi connectivity index (χ3n) is 2.56. The summed E-state index contributed by atoms with van der Waals surface area (Å²) < 4.78 is 0. The standard InChI is InChI=1S/C8H13NO4/c9-5-2-1-4(3-6(10)11)7(5)8(12)13/h4-5,7H,1-3,9H2,(H,10,11)(H,12,13)/t4-,5-,7-/m0/s1. The van der Waals surface area contributed by atoms with Gasteiger partial charge < -0.3 is 15.9 Å². The quantitative estimate of drug-likeness (QED) is 0.572. The number of rotatable bonds is 3. The summed E-state index contributed by atoms with van der Waals surface area (Å²) in [5.41, 5.74) is 5.57. The van der Waals surface area contributed by atoms with Crippen LogP contribution in [0.15, 0.2) is 0 Å². The van der Waals surface area contributed by atoms with E-state index in [2.05, 4.69) is 0 Å². The minimum Gasteiger partial charge on any atom is -0.481 e. The maximum Gasteiger partial charge on any atom is 0.308 e. The molecule has 0 spiro atoms. The van der Waals surface area contributed by atoms with Crippen LogP contribution in [0.3, 0.4) is 0 Å². The van der Waals surface area contributed by atoms with E-state index in [0.29, 0.717) is 12.8 Å². The number of carbonyl (C=O) groups is 2. The Morgan fingerprint density at radius 3 is 2.38 bits per heavy atom. The third kappa shape index (κ3) is 2.18. The van der Waals surface area contributed by atoms with E-state index in [9.17, 15) is 9.59 Å². The summed E-state index contributed by atoms with van der Waals surface area (Å²) >= 11 is 0. The summed E-state index contributed by atoms with van der Waals surface area (Å²) in [6.07, 6.45) is 1.12. The summed E-state index contributed by atoms with van der Waals surface area (Å²) in [6, 6.07) is -0.387. The van der Waals surface area contributed by atoms with Gasteiger partial charge in [-0.3, -0.25) is 9.59 Å². The van der Waals surface area contributed by atoms with E-state index in [1.165, 1.54) is 0 Å². The van der Waals surface area contributed by atoms with Gasteiger partial charge in [0.25, 0.3) is 0 Å². The van der Waals surface area contributed by atoms with Crippen molar-refractivity contribution in [2.75, 3.05) is 0 Å². The molecule has 1 aliphatic carbocycles. The summed E-state index contributed by atoms with van der Waals surface area (Å²) in [5.74, 6) is -2.91. The number of carboxylic acid groups (broad SMARTS) is 2. The zero-order valence-electron chi connectivity index (χ0n) is 7.14. The van der Waals surface area contributed by atoms with Gasteiger partial charge in [0.05, 0.1) is 5.92 Å². The molecule has 1 saturated carbocycles. The van der Waals surface area contributed by atoms with E-state index in [1.54, 1.807) is 0 Å². The highest BCUT2D eigenvalue weighted by Gasteiger charge is 2.39. The van der Waals surface area contributed by atoms with Gasteiger partial charge in [-0.05, 0) is 18.8 Å². The molecule has 5 nitrogen and oxygen atoms in total. The first-order valence-corrected chi connectivity index (χ1v) is 4.22. The largest absolute Gasteiger partial charge is 0.481 e. The van der Waals surface area contributed by atoms with Crippen molar-refractivity contribution in [3.8, 4) is 0 Å². The molecule has 0 amide bonds. The van der Waals surface area contributed by atoms with Crippen LogP contribution >= 0.6 is 0 Å². The first-order valence-electron chi connectivity index (χ1n) is 4.22. The molecule has 1 fully saturated rings. The fourth-order valence-corrected chi connectivity index (χ4v) is 1.95. The van der Waals surface area contributed by atoms with Gasteiger partial charge in [-0.25, -0.2) is 0 Å². The van der Waals surface area contributed by atoms with E-state index in [1.807, 2.05) is 0 Å². The molecular formula is C8H13NO4. The van der Waals surface area contributed by atoms with Crippen molar-refractivity contribution < 1.29 is 19.8 Å². The van der Waals surface area contributed by atoms with Gasteiger partial charge in [0, 0.05) is 12.5 Å². The second-order valence-electron chi connectivity index (χ2n) is 3.46. The Hall–Kier alpha value is -1.10. The molecule has 3 atom stereocenters. The normalized spacial score (nSPS) is 33.2. The van der Waals surface area contributed by atoms with Gasteiger partial charge in [-0.15, -0.1) is 0 Å². The van der Waals surface area contributed by atoms with Crippen LogP contribution in [0.5, 0.6) is 0 Å². The Balaban J connectivity index is 2.64. The van der Waals surface area contributed by atoms with Crippen molar-refractivity contribution in [1.29, 1.82) is 0 Å². The van der Waals surface area contributed by atoms with Crippen molar-refractivity contribution in [3.63, 3.8) is 0 Å². The Bertz CT molecular complexity index is 228. The van der Waals surface area contributed by atoms with Crippen LogP contribution in [-0.2, 0) is 9.59 Å². The average molecular weight is 187 g/mol. The zero-order valence-corrected chi connectivity index (χ0v) is 7.14. The molecule has 0 aliphatic heterocycles. The SMILES string of the molecule is N[C@H]1CC[C@@H](CC(=O)O)[C@@H]1C(=O)O. The van der Waals surface area contributed by atoms with Crippen LogP contribution in [0.4, 0.5) is 0 Å². The van der Waals surface area contributed by atoms with Crippen LogP contribution in [0.2, 0.25) is 0 Å². The minimum atomic E-state index is -0.976. The topological polar surface area (TPSA) is 101 Å². The highest BCUT2D eigenvalue weighted by molar-refractivity contribution is 5.74. The van der Waals surface area contributed by atoms with E-state index in [4.69, 9.17) is 15.9 Å². The molecule has 74 valence electrons. The minimum absolute atomic E-state index is 0.0926. The molecule has 1 aliphatic rings. The van der Waals surface area contributed by atoms with Crippen LogP contribution in [0.25, 0.3) is 0 Å². The fraction of sp³-hybridized carbons (Fsp3) is 0.750. The van der Waals surface area contributed by atoms with Crippen molar-refractivity contribution in [2.24, 2.45) is 17.6 Å². The van der Waals surface area contributed by atoms with Crippen LogP contribution < -0.4 is 5.73 Å². The lowest BCUT2D eigenvalue weighted by atomic mass is 9.91. The van der Waals surface area contributed by atoms with E-state index < -0.39 is 17.9 Å². The van der Waals surface area contributed by atoms with Crippen LogP contribution in [-0.4, -0.2) is 28.2 Å². The molecule has 0 aromatic rings. The summed E-state index contributed by atoms with van der Waals surface area (Å²) in [4.78, 5) is 21.1. The van der Waals surface area contributed by atoms with Gasteiger partial charge in [0.2, 0.25) is 0 Å². The second kappa shape index (κ2) is 3.74. The van der Waals surface area contributed by atoms with Gasteiger partial charge in [0.15, 0.2) is 0 Å². The van der Waals surface area contributed by atoms with E-state index in [0.717, 1.165) is 0 Å². The molecule has 1 rings (SSSR count). The lowest BCUT2D eigenvalue weighted by Gasteiger charge is -2.16. The van der Waals surface area contributed by atoms with Crippen molar-refractivity contribution in [3.05, 3.63) is 0 Å². The highest BCUT2D eigenvalue weighted by Crippen LogP contribution is 2.33. The molecule has 0 saturated heterocycles. The second-order valence-corrected chi connectivity index (χ2v) is 3.46. The molecule has 0 unspecified atom stereocenters. The molecule has 4 N–H and O–H groups in total. The number of aliphatic carboxylic acids is 2. The number of carboxylic acids is 2. The maximum atomic E-state index is 10.7. The molecule has 5 heteroatoms. The van der Waals surface area contributed by atoms with Crippen molar-refractivity contribution in [2.45, 2.75) is 25.3 Å². The Morgan fingerprint density at radius 2 is 1.92 bits per heavy atom. The third-order valence-corrected chi connectivity index (χ3v) is 2.56. The van der Waals surface area contributed by atoms with Crippen molar-refractivity contribution >= 4 is 11.9 Å². The lowest BCUT2D eigenvalue weighted by molar-refractivity contribution is -0.144. The molecule has 0 heterocycles. The van der Waals surface area contributed by atoms with Crippen LogP contribution in [0, 0.1) is 11.8 Å². The number of hydrogen-bond acceptors (Lipinski definition) is 3. The fourth-order valence-electron chi connectivity index (χ4n) is 1.95. The monoisotopic (exact) mass is 187 g/mol. The summed E-state index contributed by atoms with van der Waals surface area (Å²) in [6.45, 7) is 0. The molecule has 0 aromatic carbocycles. The summed E-state index contributed by atoms with van der Waals surface area (Å²) in [5, 5.41) is 17.3. The molecular weight excluding hydrogens is 174 g/mol. The van der Waals surface area contributed by atoms with Gasteiger partial charge >= 0.3 is 11.9 Å². The highest BCUT2D eigenvalue weighted by atomic mass is 16.4. The number of nitrogens with two attached hydrogens (primary N) is 1. The smallest absolute Gasteiger partial charge is 0.308 e. The van der Waals surface area contributed by atoms with E-state index >= 15 is 0 Å². The van der Waals surface area contributed by atoms with Gasteiger partial charge in [-0.2, -0.15) is 0 Å². The number of hydrogen-bond donors (Lipinski definition) is 3. The average Bonchev–Trinajstić information content (AvgIpc) is 2.30. The summed E-state index contributed by atoms with van der Waals surface area (Å²) in [7, 11) is 0. The maximum absolute atomic E-state index is 10.7. The Morgan fingerprint density at radius 1 is 1.31 bits per heavy atom. The predicted molar refractivity (Wildman–Crippen MR) is 44.1 cm³/mol. The first-order chi connectivity index (χ1) is 6.02. The van der Waals surface area contributed by atoms with Crippen LogP contribution in [0.1, 0.15) is 19.3 Å². The lowest BCUT2D eigenvalue weighted by Crippen LogP contribution is -2.34. The first kappa shape index (κ1) is 9.98. The molecule has 0 bridgehead atoms. The zero-order chi connectivity index (χ0) is 10.0. The van der Waals surface area contributed by atoms with Gasteiger partial charge in [-0.1, -0.05) is 0 Å². The molecule has 0 aromatic heterocycles. The molecule has 13 heavy (non-hydrogen) atoms. The molecule has 0 radical (unpaired) electrons. The Labute approximate surface area is 75.5 Å².